The highest BCUT2D eigenvalue weighted by Gasteiger charge is 2.28. The van der Waals surface area contributed by atoms with E-state index < -0.39 is 0 Å². The third kappa shape index (κ3) is 3.50. The highest BCUT2D eigenvalue weighted by molar-refractivity contribution is 8.18. The second-order valence-corrected chi connectivity index (χ2v) is 7.48. The topological polar surface area (TPSA) is 32.7 Å². The molecule has 0 aliphatic carbocycles. The predicted octanol–water partition coefficient (Wildman–Crippen LogP) is 4.70. The van der Waals surface area contributed by atoms with Gasteiger partial charge in [-0.3, -0.25) is 4.79 Å². The van der Waals surface area contributed by atoms with E-state index in [0.29, 0.717) is 15.0 Å². The number of piperidine rings is 1. The number of carbonyl (C=O) groups is 1. The standard InChI is InChI=1S/C16H16Cl2N2OS/c1-10-4-6-20(7-5-10)16-19-15(21)14(22-16)9-11-2-3-12(17)13(18)8-11/h2-3,8-10H,4-7H2,1H3/b14-9-. The van der Waals surface area contributed by atoms with E-state index in [1.54, 1.807) is 12.1 Å². The first-order valence-electron chi connectivity index (χ1n) is 7.25. The summed E-state index contributed by atoms with van der Waals surface area (Å²) in [6, 6.07) is 5.33. The Morgan fingerprint density at radius 1 is 1.27 bits per heavy atom. The SMILES string of the molecule is CC1CCN(C2=NC(=O)/C(=C/c3ccc(Cl)c(Cl)c3)S2)CC1. The molecule has 6 heteroatoms. The van der Waals surface area contributed by atoms with Crippen molar-refractivity contribution in [3.05, 3.63) is 38.7 Å². The number of benzene rings is 1. The van der Waals surface area contributed by atoms with Crippen molar-refractivity contribution in [2.45, 2.75) is 19.8 Å². The van der Waals surface area contributed by atoms with Crippen molar-refractivity contribution >= 4 is 52.1 Å². The Labute approximate surface area is 144 Å². The van der Waals surface area contributed by atoms with Crippen LogP contribution in [0.1, 0.15) is 25.3 Å². The van der Waals surface area contributed by atoms with Crippen LogP contribution in [0.3, 0.4) is 0 Å². The molecular weight excluding hydrogens is 339 g/mol. The zero-order valence-corrected chi connectivity index (χ0v) is 14.5. The molecular formula is C16H16Cl2N2OS. The minimum absolute atomic E-state index is 0.176. The molecule has 0 unspecified atom stereocenters. The van der Waals surface area contributed by atoms with E-state index in [1.165, 1.54) is 11.8 Å². The lowest BCUT2D eigenvalue weighted by molar-refractivity contribution is -0.113. The largest absolute Gasteiger partial charge is 0.351 e. The van der Waals surface area contributed by atoms with Gasteiger partial charge in [0.05, 0.1) is 15.0 Å². The van der Waals surface area contributed by atoms with Gasteiger partial charge in [0.1, 0.15) is 0 Å². The zero-order valence-electron chi connectivity index (χ0n) is 12.2. The molecule has 0 spiro atoms. The molecule has 0 N–H and O–H groups in total. The maximum Gasteiger partial charge on any atom is 0.286 e. The maximum absolute atomic E-state index is 12.1. The quantitative estimate of drug-likeness (QED) is 0.685. The van der Waals surface area contributed by atoms with E-state index >= 15 is 0 Å². The van der Waals surface area contributed by atoms with Crippen LogP contribution in [0.4, 0.5) is 0 Å². The summed E-state index contributed by atoms with van der Waals surface area (Å²) in [5.74, 6) is 0.579. The smallest absolute Gasteiger partial charge is 0.286 e. The second-order valence-electron chi connectivity index (χ2n) is 5.65. The average Bonchev–Trinajstić information content (AvgIpc) is 2.85. The lowest BCUT2D eigenvalue weighted by atomic mass is 10.00. The van der Waals surface area contributed by atoms with Crippen LogP contribution in [0.5, 0.6) is 0 Å². The van der Waals surface area contributed by atoms with E-state index in [1.807, 2.05) is 12.1 Å². The van der Waals surface area contributed by atoms with Gasteiger partial charge >= 0.3 is 0 Å². The Kier molecular flexibility index (Phi) is 4.81. The molecule has 0 radical (unpaired) electrons. The third-order valence-electron chi connectivity index (χ3n) is 3.90. The van der Waals surface area contributed by atoms with Gasteiger partial charge in [-0.2, -0.15) is 4.99 Å². The minimum Gasteiger partial charge on any atom is -0.351 e. The summed E-state index contributed by atoms with van der Waals surface area (Å²) in [6.07, 6.45) is 4.12. The van der Waals surface area contributed by atoms with Crippen molar-refractivity contribution in [2.75, 3.05) is 13.1 Å². The summed E-state index contributed by atoms with van der Waals surface area (Å²) in [6.45, 7) is 4.21. The number of thioether (sulfide) groups is 1. The van der Waals surface area contributed by atoms with Crippen molar-refractivity contribution in [2.24, 2.45) is 10.9 Å². The van der Waals surface area contributed by atoms with Gasteiger partial charge < -0.3 is 4.90 Å². The Bertz CT molecular complexity index is 664. The van der Waals surface area contributed by atoms with E-state index in [2.05, 4.69) is 16.8 Å². The average molecular weight is 355 g/mol. The summed E-state index contributed by atoms with van der Waals surface area (Å²) < 4.78 is 0. The Morgan fingerprint density at radius 2 is 2.00 bits per heavy atom. The summed E-state index contributed by atoms with van der Waals surface area (Å²) in [4.78, 5) is 19.1. The van der Waals surface area contributed by atoms with Gasteiger partial charge in [-0.1, -0.05) is 36.2 Å². The van der Waals surface area contributed by atoms with Crippen LogP contribution in [-0.4, -0.2) is 29.1 Å². The van der Waals surface area contributed by atoms with Gasteiger partial charge in [0.15, 0.2) is 5.17 Å². The number of aliphatic imine (C=N–C) groups is 1. The minimum atomic E-state index is -0.176. The van der Waals surface area contributed by atoms with E-state index in [0.717, 1.165) is 42.6 Å². The van der Waals surface area contributed by atoms with Crippen LogP contribution in [0.2, 0.25) is 10.0 Å². The van der Waals surface area contributed by atoms with Gasteiger partial charge in [-0.05, 0) is 54.3 Å². The first-order valence-corrected chi connectivity index (χ1v) is 8.83. The van der Waals surface area contributed by atoms with Crippen LogP contribution in [0.15, 0.2) is 28.1 Å². The molecule has 1 saturated heterocycles. The normalized spacial score (nSPS) is 21.6. The first-order chi connectivity index (χ1) is 10.5. The Balaban J connectivity index is 1.74. The third-order valence-corrected chi connectivity index (χ3v) is 5.69. The molecule has 22 heavy (non-hydrogen) atoms. The molecule has 3 nitrogen and oxygen atoms in total. The number of nitrogens with zero attached hydrogens (tertiary/aromatic N) is 2. The molecule has 0 atom stereocenters. The molecule has 1 amide bonds. The van der Waals surface area contributed by atoms with Crippen molar-refractivity contribution < 1.29 is 4.79 Å². The first kappa shape index (κ1) is 15.9. The molecule has 1 fully saturated rings. The lowest BCUT2D eigenvalue weighted by Gasteiger charge is -2.30. The summed E-state index contributed by atoms with van der Waals surface area (Å²) >= 11 is 13.4. The van der Waals surface area contributed by atoms with Crippen LogP contribution in [0.25, 0.3) is 6.08 Å². The Morgan fingerprint density at radius 3 is 2.68 bits per heavy atom. The Hall–Kier alpha value is -0.970. The molecule has 1 aromatic carbocycles. The predicted molar refractivity (Wildman–Crippen MR) is 94.4 cm³/mol. The highest BCUT2D eigenvalue weighted by atomic mass is 35.5. The fourth-order valence-corrected chi connectivity index (χ4v) is 3.76. The fourth-order valence-electron chi connectivity index (χ4n) is 2.49. The molecule has 2 heterocycles. The van der Waals surface area contributed by atoms with Crippen LogP contribution in [0, 0.1) is 5.92 Å². The van der Waals surface area contributed by atoms with E-state index in [9.17, 15) is 4.79 Å². The number of carbonyl (C=O) groups excluding carboxylic acids is 1. The number of amidine groups is 1. The van der Waals surface area contributed by atoms with Crippen LogP contribution in [-0.2, 0) is 4.79 Å². The van der Waals surface area contributed by atoms with Gasteiger partial charge in [0, 0.05) is 13.1 Å². The van der Waals surface area contributed by atoms with E-state index in [-0.39, 0.29) is 5.91 Å². The molecule has 116 valence electrons. The van der Waals surface area contributed by atoms with Gasteiger partial charge in [0.2, 0.25) is 0 Å². The van der Waals surface area contributed by atoms with Crippen LogP contribution < -0.4 is 0 Å². The number of rotatable bonds is 1. The van der Waals surface area contributed by atoms with Crippen molar-refractivity contribution in [3.63, 3.8) is 0 Å². The monoisotopic (exact) mass is 354 g/mol. The molecule has 2 aliphatic heterocycles. The van der Waals surface area contributed by atoms with Gasteiger partial charge in [0.25, 0.3) is 5.91 Å². The van der Waals surface area contributed by atoms with E-state index in [4.69, 9.17) is 23.2 Å². The summed E-state index contributed by atoms with van der Waals surface area (Å²) in [5, 5.41) is 1.81. The van der Waals surface area contributed by atoms with Crippen LogP contribution >= 0.6 is 35.0 Å². The number of amides is 1. The molecule has 3 rings (SSSR count). The van der Waals surface area contributed by atoms with Crippen molar-refractivity contribution in [1.82, 2.24) is 4.90 Å². The number of hydrogen-bond donors (Lipinski definition) is 0. The molecule has 0 aromatic heterocycles. The van der Waals surface area contributed by atoms with Gasteiger partial charge in [-0.25, -0.2) is 0 Å². The zero-order chi connectivity index (χ0) is 15.7. The highest BCUT2D eigenvalue weighted by Crippen LogP contribution is 2.33. The molecule has 2 aliphatic rings. The second kappa shape index (κ2) is 6.65. The molecule has 0 bridgehead atoms. The summed E-state index contributed by atoms with van der Waals surface area (Å²) in [7, 11) is 0. The number of likely N-dealkylation sites (tertiary alicyclic amines) is 1. The van der Waals surface area contributed by atoms with Crippen molar-refractivity contribution in [3.8, 4) is 0 Å². The lowest BCUT2D eigenvalue weighted by Crippen LogP contribution is -2.35. The molecule has 1 aromatic rings. The summed E-state index contributed by atoms with van der Waals surface area (Å²) in [5.41, 5.74) is 0.856. The number of hydrogen-bond acceptors (Lipinski definition) is 3. The maximum atomic E-state index is 12.1. The number of halogens is 2. The fraction of sp³-hybridized carbons (Fsp3) is 0.375. The molecule has 0 saturated carbocycles. The van der Waals surface area contributed by atoms with Crippen molar-refractivity contribution in [1.29, 1.82) is 0 Å². The van der Waals surface area contributed by atoms with Gasteiger partial charge in [-0.15, -0.1) is 0 Å².